The number of para-hydroxylation sites is 1. The van der Waals surface area contributed by atoms with Crippen molar-refractivity contribution in [3.05, 3.63) is 162 Å². The molecule has 45 heavy (non-hydrogen) atoms. The number of anilines is 1. The SMILES string of the molecule is CC1(C)c2ccccc2-c2ccc(C(=N)c3ccccc3Nn3c4ccc5ccccc5c4c4c5ccccc5ccc43)cc21. The van der Waals surface area contributed by atoms with E-state index in [1.165, 1.54) is 54.6 Å². The number of nitrogens with one attached hydrogen (secondary N) is 2. The van der Waals surface area contributed by atoms with Gasteiger partial charge in [0, 0.05) is 27.3 Å². The van der Waals surface area contributed by atoms with Crippen molar-refractivity contribution in [3.8, 4) is 11.1 Å². The summed E-state index contributed by atoms with van der Waals surface area (Å²) in [4.78, 5) is 0. The van der Waals surface area contributed by atoms with Crippen molar-refractivity contribution in [2.75, 3.05) is 5.43 Å². The van der Waals surface area contributed by atoms with E-state index in [1.54, 1.807) is 0 Å². The molecule has 0 atom stereocenters. The molecule has 3 heteroatoms. The van der Waals surface area contributed by atoms with Crippen LogP contribution in [0.15, 0.2) is 140 Å². The van der Waals surface area contributed by atoms with Gasteiger partial charge in [0.25, 0.3) is 0 Å². The molecule has 0 saturated heterocycles. The van der Waals surface area contributed by atoms with Gasteiger partial charge in [-0.2, -0.15) is 0 Å². The van der Waals surface area contributed by atoms with Gasteiger partial charge in [0.2, 0.25) is 0 Å². The standard InChI is InChI=1S/C42H31N3/c1-42(2)34-17-9-7-15-31(34)32-22-19-28(25-35(32)42)41(43)33-16-8-10-18-36(33)44-45-37-23-20-26-11-3-5-13-29(26)39(37)40-30-14-6-4-12-27(30)21-24-38(40)45/h3-25,43-44H,1-2H3. The Kier molecular flexibility index (Phi) is 5.40. The molecular formula is C42H31N3. The van der Waals surface area contributed by atoms with E-state index in [2.05, 4.69) is 151 Å². The fourth-order valence-corrected chi connectivity index (χ4v) is 7.60. The van der Waals surface area contributed by atoms with Crippen LogP contribution in [0.5, 0.6) is 0 Å². The molecule has 1 aliphatic carbocycles. The maximum Gasteiger partial charge on any atom is 0.0716 e. The van der Waals surface area contributed by atoms with Crippen LogP contribution < -0.4 is 5.43 Å². The number of nitrogens with zero attached hydrogens (tertiary/aromatic N) is 1. The summed E-state index contributed by atoms with van der Waals surface area (Å²) in [5.41, 5.74) is 14.2. The van der Waals surface area contributed by atoms with E-state index in [0.29, 0.717) is 5.71 Å². The van der Waals surface area contributed by atoms with Gasteiger partial charge in [-0.05, 0) is 68.1 Å². The van der Waals surface area contributed by atoms with Gasteiger partial charge < -0.3 is 0 Å². The summed E-state index contributed by atoms with van der Waals surface area (Å²) in [6, 6.07) is 49.5. The average Bonchev–Trinajstić information content (AvgIpc) is 3.53. The minimum absolute atomic E-state index is 0.117. The van der Waals surface area contributed by atoms with E-state index in [1.807, 2.05) is 12.1 Å². The summed E-state index contributed by atoms with van der Waals surface area (Å²) in [5.74, 6) is 0. The molecule has 0 spiro atoms. The third-order valence-electron chi connectivity index (χ3n) is 9.85. The highest BCUT2D eigenvalue weighted by molar-refractivity contribution is 6.28. The molecule has 3 nitrogen and oxygen atoms in total. The van der Waals surface area contributed by atoms with Crippen LogP contribution in [0.4, 0.5) is 5.69 Å². The molecule has 9 rings (SSSR count). The zero-order valence-corrected chi connectivity index (χ0v) is 25.2. The van der Waals surface area contributed by atoms with E-state index in [9.17, 15) is 5.41 Å². The van der Waals surface area contributed by atoms with Gasteiger partial charge in [-0.15, -0.1) is 0 Å². The quantitative estimate of drug-likeness (QED) is 0.201. The lowest BCUT2D eigenvalue weighted by molar-refractivity contribution is 0.660. The minimum atomic E-state index is -0.117. The van der Waals surface area contributed by atoms with E-state index in [4.69, 9.17) is 0 Å². The Morgan fingerprint density at radius 3 is 1.87 bits per heavy atom. The first kappa shape index (κ1) is 25.8. The van der Waals surface area contributed by atoms with Crippen molar-refractivity contribution in [3.63, 3.8) is 0 Å². The number of benzene rings is 7. The second kappa shape index (κ2) is 9.41. The Bertz CT molecular complexity index is 2420. The van der Waals surface area contributed by atoms with Crippen molar-refractivity contribution in [1.29, 1.82) is 5.41 Å². The highest BCUT2D eigenvalue weighted by Crippen LogP contribution is 2.49. The van der Waals surface area contributed by atoms with Crippen LogP contribution in [-0.4, -0.2) is 10.4 Å². The average molecular weight is 578 g/mol. The Morgan fingerprint density at radius 2 is 1.16 bits per heavy atom. The van der Waals surface area contributed by atoms with Crippen LogP contribution in [0.25, 0.3) is 54.5 Å². The first-order valence-corrected chi connectivity index (χ1v) is 15.5. The van der Waals surface area contributed by atoms with Gasteiger partial charge in [-0.3, -0.25) is 15.5 Å². The van der Waals surface area contributed by atoms with Gasteiger partial charge in [0.1, 0.15) is 0 Å². The Balaban J connectivity index is 1.21. The molecule has 2 N–H and O–H groups in total. The molecule has 1 aromatic heterocycles. The molecule has 0 radical (unpaired) electrons. The van der Waals surface area contributed by atoms with Crippen molar-refractivity contribution < 1.29 is 0 Å². The predicted octanol–water partition coefficient (Wildman–Crippen LogP) is 10.7. The van der Waals surface area contributed by atoms with Crippen LogP contribution in [0.1, 0.15) is 36.1 Å². The second-order valence-corrected chi connectivity index (χ2v) is 12.7. The number of hydrogen-bond acceptors (Lipinski definition) is 2. The number of rotatable bonds is 4. The van der Waals surface area contributed by atoms with Crippen molar-refractivity contribution in [2.24, 2.45) is 0 Å². The zero-order chi connectivity index (χ0) is 30.3. The maximum atomic E-state index is 9.49. The second-order valence-electron chi connectivity index (χ2n) is 12.7. The normalized spacial score (nSPS) is 13.4. The molecule has 0 amide bonds. The summed E-state index contributed by atoms with van der Waals surface area (Å²) < 4.78 is 2.21. The lowest BCUT2D eigenvalue weighted by Gasteiger charge is -2.22. The first-order chi connectivity index (χ1) is 22.0. The van der Waals surface area contributed by atoms with Crippen LogP contribution in [-0.2, 0) is 5.41 Å². The summed E-state index contributed by atoms with van der Waals surface area (Å²) in [5, 5.41) is 16.9. The Labute approximate surface area is 261 Å². The van der Waals surface area contributed by atoms with Crippen molar-refractivity contribution >= 4 is 54.7 Å². The lowest BCUT2D eigenvalue weighted by Crippen LogP contribution is -2.16. The van der Waals surface area contributed by atoms with E-state index < -0.39 is 0 Å². The van der Waals surface area contributed by atoms with E-state index in [-0.39, 0.29) is 5.41 Å². The summed E-state index contributed by atoms with van der Waals surface area (Å²) in [7, 11) is 0. The van der Waals surface area contributed by atoms with Crippen LogP contribution in [0, 0.1) is 5.41 Å². The third-order valence-corrected chi connectivity index (χ3v) is 9.85. The van der Waals surface area contributed by atoms with Gasteiger partial charge in [-0.1, -0.05) is 129 Å². The third kappa shape index (κ3) is 3.67. The molecule has 0 bridgehead atoms. The minimum Gasteiger partial charge on any atom is -0.300 e. The molecule has 0 unspecified atom stereocenters. The highest BCUT2D eigenvalue weighted by Gasteiger charge is 2.35. The van der Waals surface area contributed by atoms with Gasteiger partial charge >= 0.3 is 0 Å². The van der Waals surface area contributed by atoms with E-state index in [0.717, 1.165) is 27.8 Å². The zero-order valence-electron chi connectivity index (χ0n) is 25.2. The largest absolute Gasteiger partial charge is 0.300 e. The topological polar surface area (TPSA) is 40.8 Å². The van der Waals surface area contributed by atoms with Crippen molar-refractivity contribution in [2.45, 2.75) is 19.3 Å². The molecule has 1 heterocycles. The molecule has 0 saturated carbocycles. The summed E-state index contributed by atoms with van der Waals surface area (Å²) in [6.45, 7) is 4.58. The molecule has 7 aromatic carbocycles. The van der Waals surface area contributed by atoms with Gasteiger partial charge in [0.15, 0.2) is 0 Å². The fourth-order valence-electron chi connectivity index (χ4n) is 7.60. The number of aromatic nitrogens is 1. The van der Waals surface area contributed by atoms with Crippen LogP contribution >= 0.6 is 0 Å². The van der Waals surface area contributed by atoms with Gasteiger partial charge in [-0.25, -0.2) is 0 Å². The molecule has 1 aliphatic rings. The monoisotopic (exact) mass is 577 g/mol. The number of hydrogen-bond donors (Lipinski definition) is 2. The molecule has 0 fully saturated rings. The predicted molar refractivity (Wildman–Crippen MR) is 190 cm³/mol. The first-order valence-electron chi connectivity index (χ1n) is 15.5. The molecular weight excluding hydrogens is 546 g/mol. The van der Waals surface area contributed by atoms with Crippen molar-refractivity contribution in [1.82, 2.24) is 4.68 Å². The van der Waals surface area contributed by atoms with Crippen LogP contribution in [0.3, 0.4) is 0 Å². The highest BCUT2D eigenvalue weighted by atomic mass is 15.4. The number of fused-ring (bicyclic) bond motifs is 10. The fraction of sp³-hybridized carbons (Fsp3) is 0.0714. The van der Waals surface area contributed by atoms with E-state index >= 15 is 0 Å². The van der Waals surface area contributed by atoms with Gasteiger partial charge in [0.05, 0.1) is 22.4 Å². The Hall–Kier alpha value is -5.67. The smallest absolute Gasteiger partial charge is 0.0716 e. The summed E-state index contributed by atoms with van der Waals surface area (Å²) >= 11 is 0. The Morgan fingerprint density at radius 1 is 0.578 bits per heavy atom. The molecule has 214 valence electrons. The summed E-state index contributed by atoms with van der Waals surface area (Å²) in [6.07, 6.45) is 0. The van der Waals surface area contributed by atoms with Crippen LogP contribution in [0.2, 0.25) is 0 Å². The molecule has 0 aliphatic heterocycles. The lowest BCUT2D eigenvalue weighted by atomic mass is 9.81. The molecule has 8 aromatic rings. The maximum absolute atomic E-state index is 9.49.